The van der Waals surface area contributed by atoms with Crippen molar-refractivity contribution < 1.29 is 4.21 Å². The van der Waals surface area contributed by atoms with E-state index in [0.717, 1.165) is 31.2 Å². The van der Waals surface area contributed by atoms with Crippen LogP contribution in [0.25, 0.3) is 0 Å². The normalized spacial score (nSPS) is 21.3. The van der Waals surface area contributed by atoms with Gasteiger partial charge in [-0.25, -0.2) is 4.68 Å². The number of nitrogens with zero attached hydrogens (tertiary/aromatic N) is 2. The molecule has 140 valence electrons. The number of aromatic nitrogens is 2. The second kappa shape index (κ2) is 8.82. The number of anilines is 1. The van der Waals surface area contributed by atoms with Gasteiger partial charge in [-0.15, -0.1) is 0 Å². The summed E-state index contributed by atoms with van der Waals surface area (Å²) in [7, 11) is -0.783. The molecule has 0 aliphatic heterocycles. The molecule has 3 atom stereocenters. The summed E-state index contributed by atoms with van der Waals surface area (Å²) < 4.78 is 13.5. The van der Waals surface area contributed by atoms with Crippen LogP contribution >= 0.6 is 11.6 Å². The average Bonchev–Trinajstić information content (AvgIpc) is 2.68. The lowest BCUT2D eigenvalue weighted by Gasteiger charge is -2.29. The van der Waals surface area contributed by atoms with Crippen molar-refractivity contribution in [3.63, 3.8) is 0 Å². The first-order valence-electron chi connectivity index (χ1n) is 9.01. The van der Waals surface area contributed by atoms with E-state index < -0.39 is 10.8 Å². The Hall–Kier alpha value is -1.66. The van der Waals surface area contributed by atoms with Gasteiger partial charge in [0.15, 0.2) is 0 Å². The highest BCUT2D eigenvalue weighted by molar-refractivity contribution is 7.85. The summed E-state index contributed by atoms with van der Waals surface area (Å²) in [6.07, 6.45) is 5.48. The number of hydrogen-bond donors (Lipinski definition) is 1. The van der Waals surface area contributed by atoms with E-state index in [4.69, 9.17) is 11.6 Å². The lowest BCUT2D eigenvalue weighted by Crippen LogP contribution is -2.34. The molecule has 3 unspecified atom stereocenters. The van der Waals surface area contributed by atoms with Gasteiger partial charge in [0, 0.05) is 27.8 Å². The van der Waals surface area contributed by atoms with Crippen molar-refractivity contribution in [3.05, 3.63) is 57.5 Å². The second-order valence-electron chi connectivity index (χ2n) is 6.62. The molecule has 1 aliphatic carbocycles. The smallest absolute Gasteiger partial charge is 0.287 e. The van der Waals surface area contributed by atoms with Crippen LogP contribution in [0.5, 0.6) is 0 Å². The molecule has 0 bridgehead atoms. The molecule has 26 heavy (non-hydrogen) atoms. The largest absolute Gasteiger partial charge is 0.380 e. The molecule has 1 aromatic heterocycles. The zero-order valence-corrected chi connectivity index (χ0v) is 16.4. The molecule has 1 saturated carbocycles. The van der Waals surface area contributed by atoms with Crippen LogP contribution in [0.1, 0.15) is 38.2 Å². The fourth-order valence-electron chi connectivity index (χ4n) is 3.41. The summed E-state index contributed by atoms with van der Waals surface area (Å²) in [5.74, 6) is 0.690. The molecule has 1 fully saturated rings. The molecular weight excluding hydrogens is 370 g/mol. The van der Waals surface area contributed by atoms with Gasteiger partial charge in [0.2, 0.25) is 0 Å². The topological polar surface area (TPSA) is 64.0 Å². The second-order valence-corrected chi connectivity index (χ2v) is 9.00. The highest BCUT2D eigenvalue weighted by Crippen LogP contribution is 2.27. The van der Waals surface area contributed by atoms with Crippen molar-refractivity contribution in [2.45, 2.75) is 50.4 Å². The third kappa shape index (κ3) is 4.54. The molecule has 5 nitrogen and oxygen atoms in total. The Labute approximate surface area is 161 Å². The number of halogens is 1. The van der Waals surface area contributed by atoms with Gasteiger partial charge in [-0.1, -0.05) is 55.3 Å². The van der Waals surface area contributed by atoms with Gasteiger partial charge in [-0.3, -0.25) is 9.00 Å². The molecule has 1 heterocycles. The Morgan fingerprint density at radius 2 is 2.08 bits per heavy atom. The minimum absolute atomic E-state index is 0.162. The van der Waals surface area contributed by atoms with E-state index >= 15 is 0 Å². The molecular formula is C19H24ClN3O2S. The maximum absolute atomic E-state index is 12.5. The van der Waals surface area contributed by atoms with Crippen LogP contribution in [-0.4, -0.2) is 31.0 Å². The summed E-state index contributed by atoms with van der Waals surface area (Å²) >= 11 is 6.31. The SMILES string of the molecule is CCS(=O)C1CCCC(Nc2cnn(Cc3ccccc3)c(=O)c2Cl)C1. The predicted molar refractivity (Wildman–Crippen MR) is 107 cm³/mol. The maximum atomic E-state index is 12.5. The molecule has 2 aromatic rings. The van der Waals surface area contributed by atoms with E-state index in [9.17, 15) is 9.00 Å². The van der Waals surface area contributed by atoms with Crippen LogP contribution in [0, 0.1) is 0 Å². The fraction of sp³-hybridized carbons (Fsp3) is 0.474. The van der Waals surface area contributed by atoms with Crippen LogP contribution in [0.2, 0.25) is 5.02 Å². The lowest BCUT2D eigenvalue weighted by molar-refractivity contribution is 0.465. The first kappa shape index (κ1) is 19.1. The molecule has 1 N–H and O–H groups in total. The van der Waals surface area contributed by atoms with Crippen molar-refractivity contribution in [1.82, 2.24) is 9.78 Å². The quantitative estimate of drug-likeness (QED) is 0.816. The third-order valence-corrected chi connectivity index (χ3v) is 6.91. The van der Waals surface area contributed by atoms with Gasteiger partial charge >= 0.3 is 0 Å². The minimum atomic E-state index is -0.783. The molecule has 0 saturated heterocycles. The van der Waals surface area contributed by atoms with Crippen LogP contribution in [0.4, 0.5) is 5.69 Å². The summed E-state index contributed by atoms with van der Waals surface area (Å²) in [5, 5.41) is 8.00. The van der Waals surface area contributed by atoms with E-state index in [2.05, 4.69) is 10.4 Å². The van der Waals surface area contributed by atoms with Crippen LogP contribution < -0.4 is 10.9 Å². The third-order valence-electron chi connectivity index (χ3n) is 4.80. The average molecular weight is 394 g/mol. The van der Waals surface area contributed by atoms with E-state index in [1.807, 2.05) is 37.3 Å². The predicted octanol–water partition coefficient (Wildman–Crippen LogP) is 3.44. The van der Waals surface area contributed by atoms with E-state index in [1.54, 1.807) is 6.20 Å². The molecule has 3 rings (SSSR count). The highest BCUT2D eigenvalue weighted by Gasteiger charge is 2.26. The Morgan fingerprint density at radius 1 is 1.31 bits per heavy atom. The summed E-state index contributed by atoms with van der Waals surface area (Å²) in [4.78, 5) is 12.5. The molecule has 7 heteroatoms. The fourth-order valence-corrected chi connectivity index (χ4v) is 4.95. The Balaban J connectivity index is 1.72. The monoisotopic (exact) mass is 393 g/mol. The molecule has 1 aromatic carbocycles. The standard InChI is InChI=1S/C19H24ClN3O2S/c1-2-26(25)16-10-6-9-15(11-16)22-17-12-21-23(19(24)18(17)20)13-14-7-4-3-5-8-14/h3-5,7-8,12,15-16,22H,2,6,9-11,13H2,1H3. The zero-order valence-electron chi connectivity index (χ0n) is 14.9. The number of nitrogens with one attached hydrogen (secondary N) is 1. The van der Waals surface area contributed by atoms with Crippen molar-refractivity contribution in [2.75, 3.05) is 11.1 Å². The Bertz CT molecular complexity index is 825. The van der Waals surface area contributed by atoms with Gasteiger partial charge in [-0.05, 0) is 24.8 Å². The summed E-state index contributed by atoms with van der Waals surface area (Å²) in [6, 6.07) is 9.86. The molecule has 0 amide bonds. The maximum Gasteiger partial charge on any atom is 0.287 e. The zero-order chi connectivity index (χ0) is 18.5. The summed E-state index contributed by atoms with van der Waals surface area (Å²) in [6.45, 7) is 2.35. The highest BCUT2D eigenvalue weighted by atomic mass is 35.5. The van der Waals surface area contributed by atoms with Gasteiger partial charge in [0.1, 0.15) is 5.02 Å². The van der Waals surface area contributed by atoms with Crippen LogP contribution in [-0.2, 0) is 17.3 Å². The number of rotatable bonds is 6. The van der Waals surface area contributed by atoms with Crippen LogP contribution in [0.3, 0.4) is 0 Å². The lowest BCUT2D eigenvalue weighted by atomic mass is 9.95. The van der Waals surface area contributed by atoms with Crippen molar-refractivity contribution in [1.29, 1.82) is 0 Å². The van der Waals surface area contributed by atoms with Crippen molar-refractivity contribution >= 4 is 28.1 Å². The number of hydrogen-bond acceptors (Lipinski definition) is 4. The van der Waals surface area contributed by atoms with E-state index in [-0.39, 0.29) is 21.9 Å². The minimum Gasteiger partial charge on any atom is -0.380 e. The van der Waals surface area contributed by atoms with Gasteiger partial charge in [-0.2, -0.15) is 5.10 Å². The Morgan fingerprint density at radius 3 is 2.81 bits per heavy atom. The van der Waals surface area contributed by atoms with Gasteiger partial charge in [0.25, 0.3) is 5.56 Å². The van der Waals surface area contributed by atoms with Crippen LogP contribution in [0.15, 0.2) is 41.3 Å². The number of benzene rings is 1. The first-order chi connectivity index (χ1) is 12.6. The van der Waals surface area contributed by atoms with Crippen molar-refractivity contribution in [3.8, 4) is 0 Å². The summed E-state index contributed by atoms with van der Waals surface area (Å²) in [5.41, 5.74) is 1.26. The van der Waals surface area contributed by atoms with Gasteiger partial charge < -0.3 is 5.32 Å². The van der Waals surface area contributed by atoms with Gasteiger partial charge in [0.05, 0.1) is 18.4 Å². The van der Waals surface area contributed by atoms with E-state index in [1.165, 1.54) is 4.68 Å². The Kier molecular flexibility index (Phi) is 6.48. The molecule has 0 radical (unpaired) electrons. The molecule has 0 spiro atoms. The first-order valence-corrected chi connectivity index (χ1v) is 10.8. The van der Waals surface area contributed by atoms with E-state index in [0.29, 0.717) is 18.0 Å². The molecule has 1 aliphatic rings. The van der Waals surface area contributed by atoms with Crippen molar-refractivity contribution in [2.24, 2.45) is 0 Å².